The number of aliphatic imine (C=N–C) groups is 1. The molecule has 6 nitrogen and oxygen atoms in total. The van der Waals surface area contributed by atoms with Gasteiger partial charge in [-0.15, -0.1) is 0 Å². The lowest BCUT2D eigenvalue weighted by Gasteiger charge is -2.14. The molecule has 0 radical (unpaired) electrons. The van der Waals surface area contributed by atoms with Crippen LogP contribution in [0.1, 0.15) is 18.1 Å². The van der Waals surface area contributed by atoms with E-state index in [1.54, 1.807) is 43.4 Å². The maximum atomic E-state index is 14.0. The molecule has 1 saturated heterocycles. The van der Waals surface area contributed by atoms with Crippen molar-refractivity contribution in [2.24, 2.45) is 4.99 Å². The van der Waals surface area contributed by atoms with Gasteiger partial charge in [0, 0.05) is 12.1 Å². The average Bonchev–Trinajstić information content (AvgIpc) is 3.17. The first-order valence-corrected chi connectivity index (χ1v) is 13.0. The van der Waals surface area contributed by atoms with Gasteiger partial charge < -0.3 is 14.2 Å². The monoisotopic (exact) mass is 618 g/mol. The average molecular weight is 618 g/mol. The van der Waals surface area contributed by atoms with Crippen LogP contribution >= 0.6 is 34.4 Å². The topological polar surface area (TPSA) is 60.4 Å². The molecule has 0 aliphatic carbocycles. The van der Waals surface area contributed by atoms with Gasteiger partial charge in [0.1, 0.15) is 18.2 Å². The van der Waals surface area contributed by atoms with E-state index in [1.165, 1.54) is 17.8 Å². The van der Waals surface area contributed by atoms with Crippen LogP contribution in [0.4, 0.5) is 10.1 Å². The number of amides is 1. The highest BCUT2D eigenvalue weighted by molar-refractivity contribution is 14.1. The molecule has 1 aliphatic heterocycles. The van der Waals surface area contributed by atoms with E-state index in [-0.39, 0.29) is 18.3 Å². The quantitative estimate of drug-likeness (QED) is 0.209. The molecular formula is C27H24FIN2O4S. The zero-order valence-electron chi connectivity index (χ0n) is 20.0. The first kappa shape index (κ1) is 26.0. The predicted molar refractivity (Wildman–Crippen MR) is 149 cm³/mol. The van der Waals surface area contributed by atoms with Crippen LogP contribution in [0.2, 0.25) is 0 Å². The molecule has 0 aromatic heterocycles. The summed E-state index contributed by atoms with van der Waals surface area (Å²) < 4.78 is 31.4. The van der Waals surface area contributed by atoms with Gasteiger partial charge in [-0.25, -0.2) is 9.38 Å². The standard InChI is InChI=1S/C27H24FIN2O4S/c1-4-31-26(32)24(36-27(31)30-19-9-11-20(33-2)12-10-19)15-17-13-22(29)25(23(14-17)34-3)35-16-18-7-5-6-8-21(18)28/h5-15H,4,16H2,1-3H3/b24-15+,30-27?. The van der Waals surface area contributed by atoms with Gasteiger partial charge in [-0.05, 0) is 95.4 Å². The Bertz CT molecular complexity index is 1330. The van der Waals surface area contributed by atoms with Crippen LogP contribution in [-0.2, 0) is 11.4 Å². The predicted octanol–water partition coefficient (Wildman–Crippen LogP) is 6.65. The first-order valence-electron chi connectivity index (χ1n) is 11.1. The highest BCUT2D eigenvalue weighted by Gasteiger charge is 2.32. The Balaban J connectivity index is 1.58. The van der Waals surface area contributed by atoms with Crippen molar-refractivity contribution in [3.05, 3.63) is 86.1 Å². The highest BCUT2D eigenvalue weighted by atomic mass is 127. The van der Waals surface area contributed by atoms with Gasteiger partial charge in [0.25, 0.3) is 5.91 Å². The van der Waals surface area contributed by atoms with Gasteiger partial charge in [0.2, 0.25) is 0 Å². The number of methoxy groups -OCH3 is 2. The van der Waals surface area contributed by atoms with Crippen LogP contribution in [0.5, 0.6) is 17.2 Å². The fourth-order valence-corrected chi connectivity index (χ4v) is 5.36. The number of carbonyl (C=O) groups excluding carboxylic acids is 1. The lowest BCUT2D eigenvalue weighted by molar-refractivity contribution is -0.122. The third-order valence-electron chi connectivity index (χ3n) is 5.38. The Hall–Kier alpha value is -3.05. The maximum Gasteiger partial charge on any atom is 0.266 e. The fourth-order valence-electron chi connectivity index (χ4n) is 3.52. The number of benzene rings is 3. The van der Waals surface area contributed by atoms with E-state index >= 15 is 0 Å². The molecule has 0 N–H and O–H groups in total. The molecule has 1 heterocycles. The van der Waals surface area contributed by atoms with Crippen LogP contribution in [-0.4, -0.2) is 36.7 Å². The van der Waals surface area contributed by atoms with Crippen molar-refractivity contribution in [2.45, 2.75) is 13.5 Å². The molecule has 1 fully saturated rings. The minimum atomic E-state index is -0.322. The van der Waals surface area contributed by atoms with Crippen molar-refractivity contribution in [3.8, 4) is 17.2 Å². The molecular weight excluding hydrogens is 594 g/mol. The molecule has 3 aromatic rings. The van der Waals surface area contributed by atoms with Gasteiger partial charge in [-0.2, -0.15) is 0 Å². The molecule has 0 unspecified atom stereocenters. The van der Waals surface area contributed by atoms with E-state index in [0.717, 1.165) is 20.6 Å². The largest absolute Gasteiger partial charge is 0.497 e. The van der Waals surface area contributed by atoms with Crippen molar-refractivity contribution in [2.75, 3.05) is 20.8 Å². The molecule has 9 heteroatoms. The summed E-state index contributed by atoms with van der Waals surface area (Å²) in [7, 11) is 3.16. The second kappa shape index (κ2) is 11.8. The Kier molecular flexibility index (Phi) is 8.52. The summed E-state index contributed by atoms with van der Waals surface area (Å²) >= 11 is 3.47. The van der Waals surface area contributed by atoms with Crippen LogP contribution < -0.4 is 14.2 Å². The van der Waals surface area contributed by atoms with Crippen LogP contribution in [0.3, 0.4) is 0 Å². The van der Waals surface area contributed by atoms with Gasteiger partial charge in [-0.1, -0.05) is 18.2 Å². The van der Waals surface area contributed by atoms with E-state index in [2.05, 4.69) is 27.6 Å². The van der Waals surface area contributed by atoms with E-state index in [4.69, 9.17) is 14.2 Å². The van der Waals surface area contributed by atoms with E-state index < -0.39 is 0 Å². The van der Waals surface area contributed by atoms with Crippen molar-refractivity contribution in [1.29, 1.82) is 0 Å². The summed E-state index contributed by atoms with van der Waals surface area (Å²) in [6.07, 6.45) is 1.82. The van der Waals surface area contributed by atoms with Crippen molar-refractivity contribution in [3.63, 3.8) is 0 Å². The van der Waals surface area contributed by atoms with Gasteiger partial charge in [0.05, 0.1) is 28.4 Å². The molecule has 0 saturated carbocycles. The SMILES string of the molecule is CCN1C(=O)/C(=C\c2cc(I)c(OCc3ccccc3F)c(OC)c2)SC1=Nc1ccc(OC)cc1. The second-order valence-electron chi connectivity index (χ2n) is 7.67. The number of likely N-dealkylation sites (N-methyl/N-ethyl adjacent to an activating group) is 1. The number of ether oxygens (including phenoxy) is 3. The van der Waals surface area contributed by atoms with Gasteiger partial charge >= 0.3 is 0 Å². The summed E-state index contributed by atoms with van der Waals surface area (Å²) in [6.45, 7) is 2.49. The molecule has 0 spiro atoms. The molecule has 3 aromatic carbocycles. The number of halogens is 2. The number of hydrogen-bond donors (Lipinski definition) is 0. The number of thioether (sulfide) groups is 1. The van der Waals surface area contributed by atoms with E-state index in [0.29, 0.717) is 33.7 Å². The van der Waals surface area contributed by atoms with E-state index in [9.17, 15) is 9.18 Å². The zero-order valence-corrected chi connectivity index (χ0v) is 22.9. The summed E-state index contributed by atoms with van der Waals surface area (Å²) in [6, 6.07) is 17.5. The number of amidine groups is 1. The van der Waals surface area contributed by atoms with Crippen molar-refractivity contribution >= 4 is 57.2 Å². The second-order valence-corrected chi connectivity index (χ2v) is 9.84. The molecule has 36 heavy (non-hydrogen) atoms. The highest BCUT2D eigenvalue weighted by Crippen LogP contribution is 2.38. The number of nitrogens with zero attached hydrogens (tertiary/aromatic N) is 2. The third kappa shape index (κ3) is 5.84. The normalized spacial score (nSPS) is 15.6. The van der Waals surface area contributed by atoms with Gasteiger partial charge in [0.15, 0.2) is 16.7 Å². The Morgan fingerprint density at radius 2 is 1.83 bits per heavy atom. The Morgan fingerprint density at radius 1 is 1.08 bits per heavy atom. The molecule has 1 amide bonds. The Labute approximate surface area is 227 Å². The van der Waals surface area contributed by atoms with Crippen LogP contribution in [0, 0.1) is 9.39 Å². The number of carbonyl (C=O) groups is 1. The minimum Gasteiger partial charge on any atom is -0.497 e. The van der Waals surface area contributed by atoms with Crippen molar-refractivity contribution in [1.82, 2.24) is 4.90 Å². The molecule has 4 rings (SSSR count). The summed E-state index contributed by atoms with van der Waals surface area (Å²) in [5, 5.41) is 0.616. The zero-order chi connectivity index (χ0) is 25.7. The smallest absolute Gasteiger partial charge is 0.266 e. The molecule has 1 aliphatic rings. The third-order valence-corrected chi connectivity index (χ3v) is 7.19. The Morgan fingerprint density at radius 3 is 2.50 bits per heavy atom. The maximum absolute atomic E-state index is 14.0. The van der Waals surface area contributed by atoms with Crippen LogP contribution in [0.25, 0.3) is 6.08 Å². The minimum absolute atomic E-state index is 0.0739. The lowest BCUT2D eigenvalue weighted by atomic mass is 10.1. The van der Waals surface area contributed by atoms with E-state index in [1.807, 2.05) is 43.3 Å². The molecule has 186 valence electrons. The van der Waals surface area contributed by atoms with Crippen LogP contribution in [0.15, 0.2) is 70.6 Å². The number of hydrogen-bond acceptors (Lipinski definition) is 6. The molecule has 0 bridgehead atoms. The van der Waals surface area contributed by atoms with Gasteiger partial charge in [-0.3, -0.25) is 9.69 Å². The fraction of sp³-hybridized carbons (Fsp3) is 0.185. The first-order chi connectivity index (χ1) is 17.4. The van der Waals surface area contributed by atoms with Crippen molar-refractivity contribution < 1.29 is 23.4 Å². The number of rotatable bonds is 8. The summed E-state index contributed by atoms with van der Waals surface area (Å²) in [5.41, 5.74) is 1.98. The summed E-state index contributed by atoms with van der Waals surface area (Å²) in [5.74, 6) is 1.33. The summed E-state index contributed by atoms with van der Waals surface area (Å²) in [4.78, 5) is 20.0. The molecule has 0 atom stereocenters. The lowest BCUT2D eigenvalue weighted by Crippen LogP contribution is -2.28.